The zero-order valence-electron chi connectivity index (χ0n) is 47.0. The molecule has 1 saturated heterocycles. The standard InChI is InChI=1S/C50H78N18O14S2/c1-21-33(65-43(68-41(21)54)27(15-31(53)70)60-16-26(52)42(55)75)47(79)67-35(40(28-17-57-20-61-28)82-50-39(74)38(73)37(72)25(5)81-50)48(80)62-23(3)36(71)22(2)44(76)66-34(24(4)69)46(78)59-14-9-32-63-30(19-83-32)49-64-29(18-84-49)45(77)58-13-8-12-56-11-7-6-10-51/h17-20,22-27,34-40,50,56,60,69,71-74H,6-16,51-52H2,1-5H3,(H2,53,70)(H2,55,75)(H,57,61)(H,58,77)(H,59,78)(H,62,80)(H,66,76)(H,67,79)(H2,54,65,68)/t22-,23+,24+,25-,26-,27-,34-,35-,36-,37-,38+,39+,40-,50-/m0/s1. The first-order chi connectivity index (χ1) is 39.8. The van der Waals surface area contributed by atoms with Crippen LogP contribution in [0.15, 0.2) is 23.3 Å². The molecule has 1 fully saturated rings. The van der Waals surface area contributed by atoms with Crippen molar-refractivity contribution < 1.29 is 68.6 Å². The molecule has 0 unspecified atom stereocenters. The molecule has 4 aromatic heterocycles. The number of thiazole rings is 2. The Morgan fingerprint density at radius 3 is 2.21 bits per heavy atom. The Hall–Kier alpha value is -6.80. The molecule has 84 heavy (non-hydrogen) atoms. The van der Waals surface area contributed by atoms with Crippen molar-refractivity contribution >= 4 is 69.8 Å². The van der Waals surface area contributed by atoms with E-state index < -0.39 is 133 Å². The molecule has 0 aromatic carbocycles. The van der Waals surface area contributed by atoms with Gasteiger partial charge in [0.05, 0.1) is 65.6 Å². The summed E-state index contributed by atoms with van der Waals surface area (Å²) in [7, 11) is 0. The number of nitrogen functional groups attached to an aromatic ring is 1. The molecule has 5 heterocycles. The summed E-state index contributed by atoms with van der Waals surface area (Å²) < 4.78 is 11.8. The number of ether oxygens (including phenoxy) is 2. The van der Waals surface area contributed by atoms with Gasteiger partial charge in [0.2, 0.25) is 29.5 Å². The van der Waals surface area contributed by atoms with Gasteiger partial charge in [0.1, 0.15) is 70.2 Å². The predicted octanol–water partition coefficient (Wildman–Crippen LogP) is -5.15. The minimum Gasteiger partial charge on any atom is -0.391 e. The third kappa shape index (κ3) is 19.1. The molecule has 0 spiro atoms. The second kappa shape index (κ2) is 32.5. The third-order valence-corrected chi connectivity index (χ3v) is 15.3. The van der Waals surface area contributed by atoms with Gasteiger partial charge in [-0.3, -0.25) is 33.6 Å². The van der Waals surface area contributed by atoms with E-state index >= 15 is 0 Å². The zero-order valence-corrected chi connectivity index (χ0v) is 48.7. The van der Waals surface area contributed by atoms with Crippen molar-refractivity contribution in [2.45, 2.75) is 146 Å². The van der Waals surface area contributed by atoms with E-state index in [1.54, 1.807) is 10.8 Å². The summed E-state index contributed by atoms with van der Waals surface area (Å²) in [6.45, 7) is 9.15. The number of unbranched alkanes of at least 4 members (excludes halogenated alkanes) is 1. The van der Waals surface area contributed by atoms with Gasteiger partial charge >= 0.3 is 0 Å². The largest absolute Gasteiger partial charge is 0.391 e. The SMILES string of the molecule is Cc1c(N)nc([C@H](CC(N)=O)NC[C@H](N)C(N)=O)nc1C(=O)N[C@H](C(=O)N[C@H](C)[C@@H](O)[C@H](C)C(=O)N[C@H](C(=O)NCCc1nc(-c2nc(C(=O)NCCCNCCCCN)cs2)cs1)[C@@H](C)O)[C@@H](O[C@@H]1O[C@@H](C)[C@H](O)[C@@H](O)[C@H]1O)c1cnc[nH]1. The Morgan fingerprint density at radius 2 is 1.55 bits per heavy atom. The first-order valence-electron chi connectivity index (χ1n) is 27.0. The number of aliphatic hydroxyl groups excluding tert-OH is 5. The Bertz CT molecular complexity index is 2830. The molecule has 32 nitrogen and oxygen atoms in total. The number of carbonyl (C=O) groups is 7. The van der Waals surface area contributed by atoms with E-state index in [4.69, 9.17) is 38.1 Å². The summed E-state index contributed by atoms with van der Waals surface area (Å²) >= 11 is 2.56. The molecule has 464 valence electrons. The topological polar surface area (TPSA) is 534 Å². The van der Waals surface area contributed by atoms with E-state index in [0.717, 1.165) is 32.4 Å². The molecule has 7 amide bonds. The second-order valence-electron chi connectivity index (χ2n) is 20.1. The van der Waals surface area contributed by atoms with Crippen molar-refractivity contribution in [2.24, 2.45) is 28.9 Å². The fraction of sp³-hybridized carbons (Fsp3) is 0.600. The minimum atomic E-state index is -1.93. The number of hydrogen-bond acceptors (Lipinski definition) is 26. The Morgan fingerprint density at radius 1 is 0.821 bits per heavy atom. The molecule has 0 bridgehead atoms. The van der Waals surface area contributed by atoms with E-state index in [1.807, 2.05) is 0 Å². The van der Waals surface area contributed by atoms with E-state index in [-0.39, 0.29) is 54.0 Å². The number of anilines is 1. The van der Waals surface area contributed by atoms with Crippen molar-refractivity contribution in [3.05, 3.63) is 56.8 Å². The number of rotatable bonds is 34. The maximum Gasteiger partial charge on any atom is 0.271 e. The molecule has 0 saturated carbocycles. The van der Waals surface area contributed by atoms with Gasteiger partial charge in [-0.05, 0) is 66.6 Å². The highest BCUT2D eigenvalue weighted by molar-refractivity contribution is 7.14. The number of aliphatic hydroxyl groups is 5. The Balaban J connectivity index is 1.27. The lowest BCUT2D eigenvalue weighted by atomic mass is 9.96. The summed E-state index contributed by atoms with van der Waals surface area (Å²) in [5.41, 5.74) is 28.7. The molecular formula is C50H78N18O14S2. The smallest absolute Gasteiger partial charge is 0.271 e. The van der Waals surface area contributed by atoms with E-state index in [0.29, 0.717) is 28.8 Å². The van der Waals surface area contributed by atoms with Crippen LogP contribution in [0, 0.1) is 12.8 Å². The summed E-state index contributed by atoms with van der Waals surface area (Å²) in [6.07, 6.45) is -8.20. The number of aromatic nitrogens is 6. The Labute approximate surface area is 491 Å². The van der Waals surface area contributed by atoms with Crippen LogP contribution in [0.25, 0.3) is 10.7 Å². The number of aromatic amines is 1. The lowest BCUT2D eigenvalue weighted by molar-refractivity contribution is -0.306. The molecule has 0 radical (unpaired) electrons. The van der Waals surface area contributed by atoms with Crippen molar-refractivity contribution in [2.75, 3.05) is 45.0 Å². The maximum absolute atomic E-state index is 14.7. The van der Waals surface area contributed by atoms with E-state index in [9.17, 15) is 59.1 Å². The number of nitrogens with two attached hydrogens (primary N) is 5. The molecule has 34 heteroatoms. The normalized spacial score (nSPS) is 20.2. The third-order valence-electron chi connectivity index (χ3n) is 13.5. The van der Waals surface area contributed by atoms with Crippen LogP contribution in [-0.2, 0) is 39.9 Å². The van der Waals surface area contributed by atoms with Gasteiger partial charge in [-0.1, -0.05) is 6.92 Å². The van der Waals surface area contributed by atoms with Gasteiger partial charge in [-0.15, -0.1) is 22.7 Å². The number of nitrogens with zero attached hydrogens (tertiary/aromatic N) is 5. The number of carbonyl (C=O) groups excluding carboxylic acids is 7. The van der Waals surface area contributed by atoms with Gasteiger partial charge in [-0.25, -0.2) is 24.9 Å². The monoisotopic (exact) mass is 1220 g/mol. The molecule has 4 aromatic rings. The molecule has 0 aliphatic carbocycles. The van der Waals surface area contributed by atoms with E-state index in [1.165, 1.54) is 69.8 Å². The summed E-state index contributed by atoms with van der Waals surface area (Å²) in [6, 6.07) is -7.21. The fourth-order valence-electron chi connectivity index (χ4n) is 8.39. The summed E-state index contributed by atoms with van der Waals surface area (Å²) in [5.74, 6) is -7.85. The number of imidazole rings is 1. The average molecular weight is 1220 g/mol. The van der Waals surface area contributed by atoms with Gasteiger partial charge in [0.25, 0.3) is 11.8 Å². The van der Waals surface area contributed by atoms with Crippen LogP contribution in [-0.4, -0.2) is 203 Å². The lowest BCUT2D eigenvalue weighted by Crippen LogP contribution is -2.60. The highest BCUT2D eigenvalue weighted by Crippen LogP contribution is 2.30. The molecule has 1 aliphatic rings. The molecule has 5 rings (SSSR count). The highest BCUT2D eigenvalue weighted by atomic mass is 32.1. The number of hydrogen-bond donors (Lipinski definition) is 18. The molecular weight excluding hydrogens is 1140 g/mol. The van der Waals surface area contributed by atoms with Crippen molar-refractivity contribution in [1.29, 1.82) is 0 Å². The van der Waals surface area contributed by atoms with Gasteiger partial charge in [-0.2, -0.15) is 0 Å². The zero-order chi connectivity index (χ0) is 61.9. The van der Waals surface area contributed by atoms with Crippen molar-refractivity contribution in [3.8, 4) is 10.7 Å². The summed E-state index contributed by atoms with van der Waals surface area (Å²) in [4.78, 5) is 117. The maximum atomic E-state index is 14.7. The molecule has 1 aliphatic heterocycles. The first-order valence-corrected chi connectivity index (χ1v) is 28.8. The van der Waals surface area contributed by atoms with Crippen molar-refractivity contribution in [3.63, 3.8) is 0 Å². The number of nitrogens with one attached hydrogen (secondary N) is 8. The number of primary amides is 2. The molecule has 14 atom stereocenters. The fourth-order valence-corrected chi connectivity index (χ4v) is 10.0. The molecule has 23 N–H and O–H groups in total. The van der Waals surface area contributed by atoms with E-state index in [2.05, 4.69) is 67.1 Å². The van der Waals surface area contributed by atoms with Crippen LogP contribution in [0.3, 0.4) is 0 Å². The van der Waals surface area contributed by atoms with Crippen LogP contribution in [0.1, 0.15) is 109 Å². The lowest BCUT2D eigenvalue weighted by Gasteiger charge is -2.41. The summed E-state index contributed by atoms with van der Waals surface area (Å²) in [5, 5.41) is 78.2. The van der Waals surface area contributed by atoms with Crippen LogP contribution >= 0.6 is 22.7 Å². The predicted molar refractivity (Wildman–Crippen MR) is 303 cm³/mol. The van der Waals surface area contributed by atoms with Crippen LogP contribution in [0.2, 0.25) is 0 Å². The first kappa shape index (κ1) is 68.0. The van der Waals surface area contributed by atoms with Gasteiger partial charge in [0, 0.05) is 48.8 Å². The van der Waals surface area contributed by atoms with Crippen LogP contribution < -0.4 is 65.9 Å². The second-order valence-corrected chi connectivity index (χ2v) is 21.9. The highest BCUT2D eigenvalue weighted by Gasteiger charge is 2.46. The number of amides is 7. The minimum absolute atomic E-state index is 0.0187. The van der Waals surface area contributed by atoms with Gasteiger partial charge < -0.3 is 106 Å². The quantitative estimate of drug-likeness (QED) is 0.0195. The van der Waals surface area contributed by atoms with Crippen molar-refractivity contribution in [1.82, 2.24) is 67.1 Å². The number of H-pyrrole nitrogens is 1. The van der Waals surface area contributed by atoms with Gasteiger partial charge in [0.15, 0.2) is 6.29 Å². The van der Waals surface area contributed by atoms with Crippen LogP contribution in [0.4, 0.5) is 5.82 Å². The average Bonchev–Trinajstić information content (AvgIpc) is 3.95. The Kier molecular flexibility index (Phi) is 26.3. The van der Waals surface area contributed by atoms with Crippen LogP contribution in [0.5, 0.6) is 0 Å².